The van der Waals surface area contributed by atoms with E-state index in [4.69, 9.17) is 23.2 Å². The molecule has 0 saturated carbocycles. The summed E-state index contributed by atoms with van der Waals surface area (Å²) >= 11 is 11.8. The summed E-state index contributed by atoms with van der Waals surface area (Å²) in [6.45, 7) is -0.157. The van der Waals surface area contributed by atoms with Gasteiger partial charge in [-0.05, 0) is 30.3 Å². The molecule has 0 fully saturated rings. The van der Waals surface area contributed by atoms with E-state index >= 15 is 0 Å². The Morgan fingerprint density at radius 3 is 2.74 bits per heavy atom. The molecule has 3 rings (SSSR count). The Morgan fingerprint density at radius 1 is 1.17 bits per heavy atom. The van der Waals surface area contributed by atoms with Gasteiger partial charge in [-0.15, -0.1) is 0 Å². The summed E-state index contributed by atoms with van der Waals surface area (Å²) in [5, 5.41) is 3.91. The molecular formula is C16H11Cl2N3O2. The highest BCUT2D eigenvalue weighted by atomic mass is 35.5. The van der Waals surface area contributed by atoms with Crippen molar-refractivity contribution >= 4 is 45.7 Å². The lowest BCUT2D eigenvalue weighted by molar-refractivity contribution is -0.116. The zero-order valence-electron chi connectivity index (χ0n) is 11.8. The summed E-state index contributed by atoms with van der Waals surface area (Å²) < 4.78 is 1.25. The minimum atomic E-state index is -0.381. The van der Waals surface area contributed by atoms with Crippen molar-refractivity contribution in [2.45, 2.75) is 6.54 Å². The average molecular weight is 348 g/mol. The first kappa shape index (κ1) is 15.5. The van der Waals surface area contributed by atoms with Crippen LogP contribution in [0.15, 0.2) is 53.6 Å². The Balaban J connectivity index is 1.83. The lowest BCUT2D eigenvalue weighted by Gasteiger charge is -2.09. The van der Waals surface area contributed by atoms with E-state index in [0.29, 0.717) is 26.6 Å². The van der Waals surface area contributed by atoms with Crippen LogP contribution in [0.4, 0.5) is 5.69 Å². The van der Waals surface area contributed by atoms with Gasteiger partial charge < -0.3 is 5.32 Å². The fourth-order valence-corrected chi connectivity index (χ4v) is 2.61. The van der Waals surface area contributed by atoms with Gasteiger partial charge in [0.05, 0.1) is 27.9 Å². The topological polar surface area (TPSA) is 64.0 Å². The largest absolute Gasteiger partial charge is 0.323 e. The van der Waals surface area contributed by atoms with Gasteiger partial charge in [-0.3, -0.25) is 14.2 Å². The van der Waals surface area contributed by atoms with Crippen molar-refractivity contribution in [1.82, 2.24) is 9.55 Å². The Bertz CT molecular complexity index is 953. The molecule has 0 radical (unpaired) electrons. The third-order valence-corrected chi connectivity index (χ3v) is 3.80. The van der Waals surface area contributed by atoms with Crippen LogP contribution < -0.4 is 10.9 Å². The van der Waals surface area contributed by atoms with E-state index in [1.165, 1.54) is 17.0 Å². The van der Waals surface area contributed by atoms with Gasteiger partial charge in [-0.1, -0.05) is 35.3 Å². The standard InChI is InChI=1S/C16H11Cl2N3O2/c17-10-5-6-14(12(18)7-10)20-15(22)8-21-9-19-13-4-2-1-3-11(13)16(21)23/h1-7,9H,8H2,(H,20,22). The van der Waals surface area contributed by atoms with Gasteiger partial charge in [0.25, 0.3) is 5.56 Å². The minimum Gasteiger partial charge on any atom is -0.323 e. The maximum atomic E-state index is 12.3. The molecule has 23 heavy (non-hydrogen) atoms. The number of fused-ring (bicyclic) bond motifs is 1. The molecular weight excluding hydrogens is 337 g/mol. The van der Waals surface area contributed by atoms with Crippen LogP contribution in [0, 0.1) is 0 Å². The van der Waals surface area contributed by atoms with Crippen LogP contribution in [-0.2, 0) is 11.3 Å². The van der Waals surface area contributed by atoms with Gasteiger partial charge in [0.15, 0.2) is 0 Å². The number of nitrogens with zero attached hydrogens (tertiary/aromatic N) is 2. The molecule has 5 nitrogen and oxygen atoms in total. The van der Waals surface area contributed by atoms with Gasteiger partial charge in [0.1, 0.15) is 6.54 Å². The summed E-state index contributed by atoms with van der Waals surface area (Å²) in [6.07, 6.45) is 1.35. The Morgan fingerprint density at radius 2 is 1.96 bits per heavy atom. The number of aromatic nitrogens is 2. The van der Waals surface area contributed by atoms with Crippen molar-refractivity contribution in [1.29, 1.82) is 0 Å². The predicted molar refractivity (Wildman–Crippen MR) is 91.1 cm³/mol. The number of rotatable bonds is 3. The molecule has 0 spiro atoms. The zero-order chi connectivity index (χ0) is 16.4. The van der Waals surface area contributed by atoms with Gasteiger partial charge >= 0.3 is 0 Å². The third kappa shape index (κ3) is 3.36. The van der Waals surface area contributed by atoms with Crippen LogP contribution in [-0.4, -0.2) is 15.5 Å². The molecule has 0 aliphatic rings. The number of halogens is 2. The van der Waals surface area contributed by atoms with Crippen molar-refractivity contribution in [2.24, 2.45) is 0 Å². The molecule has 0 atom stereocenters. The van der Waals surface area contributed by atoms with E-state index in [9.17, 15) is 9.59 Å². The van der Waals surface area contributed by atoms with Crippen molar-refractivity contribution in [3.8, 4) is 0 Å². The van der Waals surface area contributed by atoms with Crippen LogP contribution in [0.1, 0.15) is 0 Å². The van der Waals surface area contributed by atoms with E-state index in [1.807, 2.05) is 0 Å². The first-order valence-electron chi connectivity index (χ1n) is 6.73. The minimum absolute atomic E-state index is 0.157. The van der Waals surface area contributed by atoms with E-state index in [2.05, 4.69) is 10.3 Å². The van der Waals surface area contributed by atoms with E-state index in [0.717, 1.165) is 0 Å². The van der Waals surface area contributed by atoms with E-state index < -0.39 is 0 Å². The first-order valence-corrected chi connectivity index (χ1v) is 7.49. The molecule has 0 unspecified atom stereocenters. The van der Waals surface area contributed by atoms with Crippen molar-refractivity contribution < 1.29 is 4.79 Å². The van der Waals surface area contributed by atoms with Crippen molar-refractivity contribution in [2.75, 3.05) is 5.32 Å². The van der Waals surface area contributed by atoms with Crippen LogP contribution in [0.3, 0.4) is 0 Å². The number of nitrogens with one attached hydrogen (secondary N) is 1. The van der Waals surface area contributed by atoms with Gasteiger partial charge in [0.2, 0.25) is 5.91 Å². The normalized spacial score (nSPS) is 10.7. The molecule has 0 aliphatic carbocycles. The summed E-state index contributed by atoms with van der Waals surface area (Å²) in [7, 11) is 0. The number of carbonyl (C=O) groups excluding carboxylic acids is 1. The number of hydrogen-bond acceptors (Lipinski definition) is 3. The van der Waals surface area contributed by atoms with E-state index in [1.54, 1.807) is 36.4 Å². The summed E-state index contributed by atoms with van der Waals surface area (Å²) in [4.78, 5) is 28.6. The molecule has 2 aromatic carbocycles. The highest BCUT2D eigenvalue weighted by molar-refractivity contribution is 6.36. The first-order chi connectivity index (χ1) is 11.0. The molecule has 116 valence electrons. The molecule has 0 bridgehead atoms. The molecule has 0 saturated heterocycles. The summed E-state index contributed by atoms with van der Waals surface area (Å²) in [5.41, 5.74) is 0.755. The molecule has 1 aromatic heterocycles. The van der Waals surface area contributed by atoms with Crippen LogP contribution >= 0.6 is 23.2 Å². The van der Waals surface area contributed by atoms with Crippen LogP contribution in [0.5, 0.6) is 0 Å². The van der Waals surface area contributed by atoms with Crippen LogP contribution in [0.25, 0.3) is 10.9 Å². The molecule has 7 heteroatoms. The van der Waals surface area contributed by atoms with Crippen molar-refractivity contribution in [3.05, 3.63) is 69.2 Å². The molecule has 0 aliphatic heterocycles. The van der Waals surface area contributed by atoms with Gasteiger partial charge in [0, 0.05) is 5.02 Å². The summed E-state index contributed by atoms with van der Waals surface area (Å²) in [5.74, 6) is -0.381. The van der Waals surface area contributed by atoms with Gasteiger partial charge in [-0.2, -0.15) is 0 Å². The number of hydrogen-bond donors (Lipinski definition) is 1. The number of para-hydroxylation sites is 1. The number of amides is 1. The monoisotopic (exact) mass is 347 g/mol. The number of carbonyl (C=O) groups is 1. The maximum absolute atomic E-state index is 12.3. The molecule has 1 heterocycles. The lowest BCUT2D eigenvalue weighted by atomic mass is 10.2. The number of benzene rings is 2. The molecule has 1 amide bonds. The van der Waals surface area contributed by atoms with Crippen molar-refractivity contribution in [3.63, 3.8) is 0 Å². The quantitative estimate of drug-likeness (QED) is 0.790. The highest BCUT2D eigenvalue weighted by Crippen LogP contribution is 2.25. The second kappa shape index (κ2) is 6.40. The molecule has 1 N–H and O–H groups in total. The highest BCUT2D eigenvalue weighted by Gasteiger charge is 2.10. The Labute approximate surface area is 141 Å². The lowest BCUT2D eigenvalue weighted by Crippen LogP contribution is -2.27. The summed E-state index contributed by atoms with van der Waals surface area (Å²) in [6, 6.07) is 11.7. The van der Waals surface area contributed by atoms with E-state index in [-0.39, 0.29) is 18.0 Å². The SMILES string of the molecule is O=C(Cn1cnc2ccccc2c1=O)Nc1ccc(Cl)cc1Cl. The predicted octanol–water partition coefficient (Wildman–Crippen LogP) is 3.34. The Hall–Kier alpha value is -2.37. The second-order valence-corrected chi connectivity index (χ2v) is 5.71. The fourth-order valence-electron chi connectivity index (χ4n) is 2.15. The fraction of sp³-hybridized carbons (Fsp3) is 0.0625. The second-order valence-electron chi connectivity index (χ2n) is 4.87. The average Bonchev–Trinajstić information content (AvgIpc) is 2.53. The number of anilines is 1. The Kier molecular flexibility index (Phi) is 4.32. The molecule has 3 aromatic rings. The van der Waals surface area contributed by atoms with Crippen LogP contribution in [0.2, 0.25) is 10.0 Å². The smallest absolute Gasteiger partial charge is 0.261 e. The maximum Gasteiger partial charge on any atom is 0.261 e. The van der Waals surface area contributed by atoms with Gasteiger partial charge in [-0.25, -0.2) is 4.98 Å². The third-order valence-electron chi connectivity index (χ3n) is 3.25. The zero-order valence-corrected chi connectivity index (χ0v) is 13.3.